The zero-order valence-corrected chi connectivity index (χ0v) is 9.91. The Morgan fingerprint density at radius 2 is 2.24 bits per heavy atom. The number of aromatic carboxylic acids is 1. The number of fused-ring (bicyclic) bond motifs is 1. The number of hydrogen-bond donors (Lipinski definition) is 2. The van der Waals surface area contributed by atoms with Crippen LogP contribution in [-0.4, -0.2) is 23.2 Å². The lowest BCUT2D eigenvalue weighted by Gasteiger charge is -2.06. The summed E-state index contributed by atoms with van der Waals surface area (Å²) in [7, 11) is 1.60. The van der Waals surface area contributed by atoms with E-state index in [0.29, 0.717) is 5.52 Å². The Morgan fingerprint density at radius 1 is 1.47 bits per heavy atom. The van der Waals surface area contributed by atoms with Crippen LogP contribution in [0.15, 0.2) is 18.3 Å². The van der Waals surface area contributed by atoms with Crippen LogP contribution in [0.2, 0.25) is 0 Å². The number of methoxy groups -OCH3 is 1. The lowest BCUT2D eigenvalue weighted by atomic mass is 10.0. The number of H-pyrrole nitrogens is 1. The molecule has 1 aromatic heterocycles. The van der Waals surface area contributed by atoms with Crippen molar-refractivity contribution in [2.24, 2.45) is 0 Å². The molecular formula is C13H15NO3. The molecule has 90 valence electrons. The Hall–Kier alpha value is -1.97. The van der Waals surface area contributed by atoms with Crippen LogP contribution in [0, 0.1) is 0 Å². The van der Waals surface area contributed by atoms with E-state index in [9.17, 15) is 4.79 Å². The van der Waals surface area contributed by atoms with Gasteiger partial charge in [0.1, 0.15) is 5.75 Å². The Balaban J connectivity index is 2.73. The highest BCUT2D eigenvalue weighted by atomic mass is 16.5. The second-order valence-electron chi connectivity index (χ2n) is 3.93. The fourth-order valence-corrected chi connectivity index (χ4v) is 2.10. The van der Waals surface area contributed by atoms with Crippen molar-refractivity contribution in [3.05, 3.63) is 29.5 Å². The molecule has 4 nitrogen and oxygen atoms in total. The molecule has 4 heteroatoms. The van der Waals surface area contributed by atoms with Crippen LogP contribution in [0.4, 0.5) is 0 Å². The molecule has 0 aliphatic carbocycles. The predicted molar refractivity (Wildman–Crippen MR) is 65.8 cm³/mol. The summed E-state index contributed by atoms with van der Waals surface area (Å²) in [5.41, 5.74) is 2.02. The van der Waals surface area contributed by atoms with E-state index in [1.807, 2.05) is 6.20 Å². The van der Waals surface area contributed by atoms with Crippen LogP contribution < -0.4 is 4.74 Å². The highest BCUT2D eigenvalue weighted by Gasteiger charge is 2.15. The summed E-state index contributed by atoms with van der Waals surface area (Å²) in [5, 5.41) is 10.0. The number of aromatic amines is 1. The van der Waals surface area contributed by atoms with E-state index < -0.39 is 5.97 Å². The molecule has 17 heavy (non-hydrogen) atoms. The van der Waals surface area contributed by atoms with Crippen molar-refractivity contribution in [1.82, 2.24) is 4.98 Å². The molecular weight excluding hydrogens is 218 g/mol. The number of carboxylic acid groups (broad SMARTS) is 1. The first-order chi connectivity index (χ1) is 8.19. The molecule has 0 bridgehead atoms. The third kappa shape index (κ3) is 1.86. The Kier molecular flexibility index (Phi) is 3.04. The summed E-state index contributed by atoms with van der Waals surface area (Å²) in [5.74, 6) is -0.211. The lowest BCUT2D eigenvalue weighted by Crippen LogP contribution is -1.98. The quantitative estimate of drug-likeness (QED) is 0.853. The van der Waals surface area contributed by atoms with E-state index in [2.05, 4.69) is 11.9 Å². The molecule has 0 radical (unpaired) electrons. The van der Waals surface area contributed by atoms with Gasteiger partial charge in [0.05, 0.1) is 18.2 Å². The summed E-state index contributed by atoms with van der Waals surface area (Å²) in [4.78, 5) is 14.2. The van der Waals surface area contributed by atoms with E-state index >= 15 is 0 Å². The summed E-state index contributed by atoms with van der Waals surface area (Å²) < 4.78 is 5.29. The molecule has 0 amide bonds. The van der Waals surface area contributed by atoms with E-state index in [4.69, 9.17) is 9.84 Å². The number of benzene rings is 1. The maximum Gasteiger partial charge on any atom is 0.337 e. The third-order valence-corrected chi connectivity index (χ3v) is 2.85. The zero-order chi connectivity index (χ0) is 12.4. The minimum Gasteiger partial charge on any atom is -0.496 e. The maximum atomic E-state index is 11.1. The third-order valence-electron chi connectivity index (χ3n) is 2.85. The maximum absolute atomic E-state index is 11.1. The minimum atomic E-state index is -0.928. The van der Waals surface area contributed by atoms with Crippen LogP contribution in [-0.2, 0) is 6.42 Å². The average molecular weight is 233 g/mol. The molecule has 0 aliphatic heterocycles. The summed E-state index contributed by atoms with van der Waals surface area (Å²) in [6, 6.07) is 3.27. The van der Waals surface area contributed by atoms with Gasteiger partial charge in [-0.1, -0.05) is 13.3 Å². The number of aryl methyl sites for hydroxylation is 1. The Bertz CT molecular complexity index is 557. The number of ether oxygens (including phenoxy) is 1. The zero-order valence-electron chi connectivity index (χ0n) is 9.91. The van der Waals surface area contributed by atoms with Gasteiger partial charge in [-0.25, -0.2) is 4.79 Å². The van der Waals surface area contributed by atoms with Gasteiger partial charge in [-0.3, -0.25) is 0 Å². The van der Waals surface area contributed by atoms with E-state index in [1.54, 1.807) is 19.2 Å². The van der Waals surface area contributed by atoms with Gasteiger partial charge in [0.15, 0.2) is 0 Å². The largest absolute Gasteiger partial charge is 0.496 e. The van der Waals surface area contributed by atoms with Crippen molar-refractivity contribution < 1.29 is 14.6 Å². The van der Waals surface area contributed by atoms with Crippen molar-refractivity contribution in [1.29, 1.82) is 0 Å². The van der Waals surface area contributed by atoms with Gasteiger partial charge in [-0.15, -0.1) is 0 Å². The molecule has 0 fully saturated rings. The predicted octanol–water partition coefficient (Wildman–Crippen LogP) is 2.83. The molecule has 0 unspecified atom stereocenters. The normalized spacial score (nSPS) is 10.7. The van der Waals surface area contributed by atoms with Gasteiger partial charge in [0.25, 0.3) is 0 Å². The fourth-order valence-electron chi connectivity index (χ4n) is 2.10. The molecule has 0 saturated carbocycles. The smallest absolute Gasteiger partial charge is 0.337 e. The highest BCUT2D eigenvalue weighted by Crippen LogP contribution is 2.31. The van der Waals surface area contributed by atoms with Crippen molar-refractivity contribution >= 4 is 16.9 Å². The molecule has 2 rings (SSSR count). The van der Waals surface area contributed by atoms with E-state index in [1.165, 1.54) is 0 Å². The number of rotatable bonds is 4. The molecule has 0 atom stereocenters. The number of carboxylic acids is 1. The van der Waals surface area contributed by atoms with Crippen molar-refractivity contribution in [2.45, 2.75) is 19.8 Å². The van der Waals surface area contributed by atoms with Crippen LogP contribution >= 0.6 is 0 Å². The van der Waals surface area contributed by atoms with Crippen molar-refractivity contribution in [2.75, 3.05) is 7.11 Å². The lowest BCUT2D eigenvalue weighted by molar-refractivity contribution is 0.0699. The van der Waals surface area contributed by atoms with Gasteiger partial charge >= 0.3 is 5.97 Å². The van der Waals surface area contributed by atoms with Crippen LogP contribution in [0.25, 0.3) is 10.9 Å². The van der Waals surface area contributed by atoms with Crippen LogP contribution in [0.1, 0.15) is 29.3 Å². The van der Waals surface area contributed by atoms with Gasteiger partial charge in [0.2, 0.25) is 0 Å². The van der Waals surface area contributed by atoms with E-state index in [0.717, 1.165) is 29.5 Å². The molecule has 1 heterocycles. The number of nitrogens with one attached hydrogen (secondary N) is 1. The van der Waals surface area contributed by atoms with Gasteiger partial charge in [-0.05, 0) is 24.1 Å². The molecule has 0 aliphatic rings. The van der Waals surface area contributed by atoms with E-state index in [-0.39, 0.29) is 5.56 Å². The summed E-state index contributed by atoms with van der Waals surface area (Å²) in [6.07, 6.45) is 3.77. The summed E-state index contributed by atoms with van der Waals surface area (Å²) in [6.45, 7) is 2.09. The van der Waals surface area contributed by atoms with Crippen LogP contribution in [0.5, 0.6) is 5.75 Å². The summed E-state index contributed by atoms with van der Waals surface area (Å²) >= 11 is 0. The Labute approximate surface area is 99.2 Å². The number of carbonyl (C=O) groups is 1. The molecule has 0 spiro atoms. The minimum absolute atomic E-state index is 0.281. The van der Waals surface area contributed by atoms with Crippen LogP contribution in [0.3, 0.4) is 0 Å². The fraction of sp³-hybridized carbons (Fsp3) is 0.308. The van der Waals surface area contributed by atoms with Crippen molar-refractivity contribution in [3.63, 3.8) is 0 Å². The second-order valence-corrected chi connectivity index (χ2v) is 3.93. The molecule has 1 aromatic carbocycles. The molecule has 2 N–H and O–H groups in total. The van der Waals surface area contributed by atoms with Gasteiger partial charge in [-0.2, -0.15) is 0 Å². The molecule has 2 aromatic rings. The SMILES string of the molecule is CCCc1c[nH]c2c(C(=O)O)ccc(OC)c12. The standard InChI is InChI=1S/C13H15NO3/c1-3-4-8-7-14-12-9(13(15)16)5-6-10(17-2)11(8)12/h5-7,14H,3-4H2,1-2H3,(H,15,16). The highest BCUT2D eigenvalue weighted by molar-refractivity contribution is 6.05. The second kappa shape index (κ2) is 4.49. The molecule has 0 saturated heterocycles. The van der Waals surface area contributed by atoms with Gasteiger partial charge < -0.3 is 14.8 Å². The first kappa shape index (κ1) is 11.5. The first-order valence-electron chi connectivity index (χ1n) is 5.59. The number of aromatic nitrogens is 1. The van der Waals surface area contributed by atoms with Gasteiger partial charge in [0, 0.05) is 11.6 Å². The average Bonchev–Trinajstić information content (AvgIpc) is 2.72. The number of hydrogen-bond acceptors (Lipinski definition) is 2. The monoisotopic (exact) mass is 233 g/mol. The topological polar surface area (TPSA) is 62.3 Å². The Morgan fingerprint density at radius 3 is 2.82 bits per heavy atom. The first-order valence-corrected chi connectivity index (χ1v) is 5.59. The van der Waals surface area contributed by atoms with Crippen molar-refractivity contribution in [3.8, 4) is 5.75 Å².